The first-order valence-corrected chi connectivity index (χ1v) is 10.8. The van der Waals surface area contributed by atoms with Gasteiger partial charge in [0.15, 0.2) is 5.11 Å². The Kier molecular flexibility index (Phi) is 6.41. The van der Waals surface area contributed by atoms with Crippen molar-refractivity contribution in [3.8, 4) is 11.3 Å². The van der Waals surface area contributed by atoms with Gasteiger partial charge in [0.2, 0.25) is 0 Å². The van der Waals surface area contributed by atoms with Crippen LogP contribution < -0.4 is 5.32 Å². The van der Waals surface area contributed by atoms with E-state index in [2.05, 4.69) is 10.3 Å². The highest BCUT2D eigenvalue weighted by Gasteiger charge is 2.41. The number of hydrogen-bond donors (Lipinski definition) is 2. The smallest absolute Gasteiger partial charge is 0.335 e. The van der Waals surface area contributed by atoms with E-state index in [-0.39, 0.29) is 30.0 Å². The van der Waals surface area contributed by atoms with E-state index in [1.807, 2.05) is 42.2 Å². The van der Waals surface area contributed by atoms with Crippen molar-refractivity contribution in [2.45, 2.75) is 25.4 Å². The average Bonchev–Trinajstić information content (AvgIpc) is 3.42. The van der Waals surface area contributed by atoms with Crippen LogP contribution in [-0.4, -0.2) is 45.7 Å². The molecule has 1 fully saturated rings. The van der Waals surface area contributed by atoms with Gasteiger partial charge in [0, 0.05) is 18.3 Å². The van der Waals surface area contributed by atoms with Crippen LogP contribution in [-0.2, 0) is 9.53 Å². The van der Waals surface area contributed by atoms with E-state index in [0.717, 1.165) is 16.8 Å². The van der Waals surface area contributed by atoms with Gasteiger partial charge in [-0.1, -0.05) is 12.1 Å². The molecule has 1 aliphatic rings. The number of carbonyl (C=O) groups excluding carboxylic acids is 1. The third-order valence-electron chi connectivity index (χ3n) is 5.64. The number of aryl methyl sites for hydroxylation is 1. The van der Waals surface area contributed by atoms with Gasteiger partial charge in [-0.15, -0.1) is 0 Å². The number of pyridine rings is 1. The van der Waals surface area contributed by atoms with Gasteiger partial charge in [-0.2, -0.15) is 0 Å². The molecular weight excluding hydrogens is 442 g/mol. The molecule has 33 heavy (non-hydrogen) atoms. The molecule has 0 aliphatic carbocycles. The van der Waals surface area contributed by atoms with E-state index in [1.165, 1.54) is 7.11 Å². The summed E-state index contributed by atoms with van der Waals surface area (Å²) in [7, 11) is 1.35. The molecule has 0 spiro atoms. The number of furan rings is 1. The fraction of sp³-hybridized carbons (Fsp3) is 0.250. The Hall–Kier alpha value is -3.72. The van der Waals surface area contributed by atoms with Crippen LogP contribution in [0.2, 0.25) is 0 Å². The summed E-state index contributed by atoms with van der Waals surface area (Å²) < 4.78 is 11.1. The van der Waals surface area contributed by atoms with Crippen molar-refractivity contribution in [2.24, 2.45) is 0 Å². The Labute approximate surface area is 196 Å². The Bertz CT molecular complexity index is 1190. The summed E-state index contributed by atoms with van der Waals surface area (Å²) in [6.07, 6.45) is 1.89. The Morgan fingerprint density at radius 1 is 1.24 bits per heavy atom. The molecule has 0 amide bonds. The minimum absolute atomic E-state index is 0.174. The lowest BCUT2D eigenvalue weighted by Gasteiger charge is -2.25. The van der Waals surface area contributed by atoms with Crippen LogP contribution in [0.3, 0.4) is 0 Å². The number of aromatic nitrogens is 1. The minimum Gasteiger partial charge on any atom is -0.478 e. The predicted octanol–water partition coefficient (Wildman–Crippen LogP) is 3.88. The van der Waals surface area contributed by atoms with Gasteiger partial charge in [-0.05, 0) is 61.1 Å². The van der Waals surface area contributed by atoms with Crippen molar-refractivity contribution in [1.29, 1.82) is 0 Å². The van der Waals surface area contributed by atoms with Gasteiger partial charge < -0.3 is 24.5 Å². The highest BCUT2D eigenvalue weighted by Crippen LogP contribution is 2.40. The van der Waals surface area contributed by atoms with Gasteiger partial charge in [0.05, 0.1) is 30.8 Å². The summed E-state index contributed by atoms with van der Waals surface area (Å²) in [6, 6.07) is 13.7. The summed E-state index contributed by atoms with van der Waals surface area (Å²) in [5.74, 6) is -0.0357. The van der Waals surface area contributed by atoms with Crippen molar-refractivity contribution in [1.82, 2.24) is 15.2 Å². The molecule has 2 aromatic heterocycles. The van der Waals surface area contributed by atoms with Gasteiger partial charge >= 0.3 is 11.9 Å². The highest BCUT2D eigenvalue weighted by molar-refractivity contribution is 7.80. The first kappa shape index (κ1) is 22.5. The topological polar surface area (TPSA) is 105 Å². The molecule has 170 valence electrons. The van der Waals surface area contributed by atoms with Crippen LogP contribution in [0, 0.1) is 6.92 Å². The molecule has 1 aliphatic heterocycles. The molecule has 9 heteroatoms. The lowest BCUT2D eigenvalue weighted by atomic mass is 10.0. The number of rotatable bonds is 7. The SMILES string of the molecule is COC(=O)CCN1C(=S)N[C@H](c2ccccn2)[C@@H]1c1ccc(-c2ccc(C(=O)O)cc2C)o1. The average molecular weight is 466 g/mol. The maximum absolute atomic E-state index is 11.8. The van der Waals surface area contributed by atoms with E-state index in [9.17, 15) is 14.7 Å². The fourth-order valence-electron chi connectivity index (χ4n) is 4.00. The second-order valence-electron chi connectivity index (χ2n) is 7.68. The van der Waals surface area contributed by atoms with Crippen LogP contribution in [0.5, 0.6) is 0 Å². The van der Waals surface area contributed by atoms with Gasteiger partial charge in [0.1, 0.15) is 17.6 Å². The van der Waals surface area contributed by atoms with Gasteiger partial charge in [-0.25, -0.2) is 4.79 Å². The summed E-state index contributed by atoms with van der Waals surface area (Å²) in [5.41, 5.74) is 2.61. The van der Waals surface area contributed by atoms with Gasteiger partial charge in [0.25, 0.3) is 0 Å². The van der Waals surface area contributed by atoms with E-state index in [1.54, 1.807) is 24.4 Å². The second kappa shape index (κ2) is 9.41. The number of esters is 1. The third-order valence-corrected chi connectivity index (χ3v) is 5.99. The first-order chi connectivity index (χ1) is 15.9. The Balaban J connectivity index is 1.70. The van der Waals surface area contributed by atoms with Crippen molar-refractivity contribution in [2.75, 3.05) is 13.7 Å². The predicted molar refractivity (Wildman–Crippen MR) is 125 cm³/mol. The summed E-state index contributed by atoms with van der Waals surface area (Å²) in [6.45, 7) is 2.20. The quantitative estimate of drug-likeness (QED) is 0.397. The van der Waals surface area contributed by atoms with Gasteiger partial charge in [-0.3, -0.25) is 9.78 Å². The molecule has 2 N–H and O–H groups in total. The van der Waals surface area contributed by atoms with Crippen molar-refractivity contribution < 1.29 is 23.8 Å². The standard InChI is InChI=1S/C24H23N3O5S/c1-14-13-15(23(29)30)6-7-16(14)18-8-9-19(32-18)22-21(17-5-3-4-11-25-17)26-24(33)27(22)12-10-20(28)31-2/h3-9,11,13,21-22H,10,12H2,1-2H3,(H,26,33)(H,29,30)/t21-,22+/m1/s1. The van der Waals surface area contributed by atoms with E-state index >= 15 is 0 Å². The minimum atomic E-state index is -0.977. The molecule has 3 heterocycles. The molecule has 0 bridgehead atoms. The summed E-state index contributed by atoms with van der Waals surface area (Å²) in [5, 5.41) is 13.0. The van der Waals surface area contributed by atoms with Crippen molar-refractivity contribution in [3.05, 3.63) is 77.3 Å². The molecule has 0 unspecified atom stereocenters. The number of carboxylic acids is 1. The maximum atomic E-state index is 11.8. The highest BCUT2D eigenvalue weighted by atomic mass is 32.1. The molecule has 2 atom stereocenters. The largest absolute Gasteiger partial charge is 0.478 e. The number of carboxylic acid groups (broad SMARTS) is 1. The molecule has 1 saturated heterocycles. The number of hydrogen-bond acceptors (Lipinski definition) is 6. The zero-order valence-electron chi connectivity index (χ0n) is 18.1. The summed E-state index contributed by atoms with van der Waals surface area (Å²) >= 11 is 5.58. The normalized spacial score (nSPS) is 17.6. The number of benzene rings is 1. The molecular formula is C24H23N3O5S. The lowest BCUT2D eigenvalue weighted by Crippen LogP contribution is -2.31. The van der Waals surface area contributed by atoms with E-state index in [0.29, 0.717) is 23.2 Å². The van der Waals surface area contributed by atoms with Crippen LogP contribution in [0.1, 0.15) is 45.9 Å². The number of nitrogens with zero attached hydrogens (tertiary/aromatic N) is 2. The molecule has 8 nitrogen and oxygen atoms in total. The zero-order valence-corrected chi connectivity index (χ0v) is 19.0. The van der Waals surface area contributed by atoms with Crippen LogP contribution in [0.15, 0.2) is 59.1 Å². The molecule has 4 rings (SSSR count). The van der Waals surface area contributed by atoms with Crippen molar-refractivity contribution in [3.63, 3.8) is 0 Å². The molecule has 0 radical (unpaired) electrons. The fourth-order valence-corrected chi connectivity index (χ4v) is 4.33. The number of methoxy groups -OCH3 is 1. The van der Waals surface area contributed by atoms with E-state index in [4.69, 9.17) is 21.4 Å². The number of aromatic carboxylic acids is 1. The monoisotopic (exact) mass is 465 g/mol. The first-order valence-electron chi connectivity index (χ1n) is 10.4. The molecule has 1 aromatic carbocycles. The Morgan fingerprint density at radius 3 is 2.73 bits per heavy atom. The Morgan fingerprint density at radius 2 is 2.06 bits per heavy atom. The number of thiocarbonyl (C=S) groups is 1. The summed E-state index contributed by atoms with van der Waals surface area (Å²) in [4.78, 5) is 29.4. The van der Waals surface area contributed by atoms with Crippen LogP contribution in [0.4, 0.5) is 0 Å². The lowest BCUT2D eigenvalue weighted by molar-refractivity contribution is -0.140. The van der Waals surface area contributed by atoms with Crippen LogP contribution >= 0.6 is 12.2 Å². The molecule has 0 saturated carbocycles. The number of ether oxygens (including phenoxy) is 1. The second-order valence-corrected chi connectivity index (χ2v) is 8.07. The zero-order chi connectivity index (χ0) is 23.5. The third kappa shape index (κ3) is 4.58. The van der Waals surface area contributed by atoms with Crippen molar-refractivity contribution >= 4 is 29.3 Å². The van der Waals surface area contributed by atoms with Crippen LogP contribution in [0.25, 0.3) is 11.3 Å². The number of nitrogens with one attached hydrogen (secondary N) is 1. The number of carbonyl (C=O) groups is 2. The molecule has 3 aromatic rings. The van der Waals surface area contributed by atoms with E-state index < -0.39 is 5.97 Å². The maximum Gasteiger partial charge on any atom is 0.335 e.